The minimum Gasteiger partial charge on any atom is -0.449 e. The van der Waals surface area contributed by atoms with Gasteiger partial charge in [-0.2, -0.15) is 0 Å². The van der Waals surface area contributed by atoms with Crippen molar-refractivity contribution in [2.75, 3.05) is 31.6 Å². The molecule has 3 fully saturated rings. The van der Waals surface area contributed by atoms with Crippen molar-refractivity contribution in [3.05, 3.63) is 22.0 Å². The SMILES string of the molecule is Cl.O=C(Nc1ncsc1-c1ccc(Cl)s1)OCC1CN2CCC1CC2. The van der Waals surface area contributed by atoms with Gasteiger partial charge in [0.05, 0.1) is 21.3 Å². The zero-order chi connectivity index (χ0) is 16.5. The predicted octanol–water partition coefficient (Wildman–Crippen LogP) is 4.84. The third-order valence-electron chi connectivity index (χ3n) is 4.81. The topological polar surface area (TPSA) is 54.5 Å². The maximum Gasteiger partial charge on any atom is 0.412 e. The minimum absolute atomic E-state index is 0. The smallest absolute Gasteiger partial charge is 0.412 e. The maximum atomic E-state index is 12.1. The predicted molar refractivity (Wildman–Crippen MR) is 105 cm³/mol. The number of carbonyl (C=O) groups is 1. The van der Waals surface area contributed by atoms with E-state index < -0.39 is 6.09 Å². The summed E-state index contributed by atoms with van der Waals surface area (Å²) in [6.45, 7) is 3.92. The fraction of sp³-hybridized carbons (Fsp3) is 0.500. The van der Waals surface area contributed by atoms with Crippen LogP contribution >= 0.6 is 46.7 Å². The van der Waals surface area contributed by atoms with Gasteiger partial charge >= 0.3 is 6.09 Å². The van der Waals surface area contributed by atoms with Crippen LogP contribution in [0.2, 0.25) is 4.34 Å². The average Bonchev–Trinajstić information content (AvgIpc) is 3.23. The molecule has 2 aromatic heterocycles. The van der Waals surface area contributed by atoms with E-state index in [0.717, 1.165) is 16.3 Å². The highest BCUT2D eigenvalue weighted by Crippen LogP contribution is 2.38. The summed E-state index contributed by atoms with van der Waals surface area (Å²) in [4.78, 5) is 20.7. The molecule has 25 heavy (non-hydrogen) atoms. The Morgan fingerprint density at radius 2 is 2.20 bits per heavy atom. The minimum atomic E-state index is -0.429. The summed E-state index contributed by atoms with van der Waals surface area (Å²) in [7, 11) is 0. The van der Waals surface area contributed by atoms with E-state index in [1.165, 1.54) is 48.6 Å². The number of rotatable bonds is 4. The van der Waals surface area contributed by atoms with Crippen LogP contribution in [0.3, 0.4) is 0 Å². The number of nitrogens with zero attached hydrogens (tertiary/aromatic N) is 2. The first kappa shape index (κ1) is 18.9. The Kier molecular flexibility index (Phi) is 6.22. The summed E-state index contributed by atoms with van der Waals surface area (Å²) < 4.78 is 6.19. The number of fused-ring (bicyclic) bond motifs is 3. The second-order valence-electron chi connectivity index (χ2n) is 6.26. The number of aromatic nitrogens is 1. The quantitative estimate of drug-likeness (QED) is 0.769. The fourth-order valence-corrected chi connectivity index (χ4v) is 5.45. The molecule has 5 heterocycles. The van der Waals surface area contributed by atoms with Gasteiger partial charge in [0.1, 0.15) is 0 Å². The standard InChI is InChI=1S/C16H18ClN3O2S2.ClH/c17-13-2-1-12(24-13)14-15(18-9-23-14)19-16(21)22-8-11-7-20-5-3-10(11)4-6-20;/h1-2,9-11H,3-8H2,(H,19,21);1H. The summed E-state index contributed by atoms with van der Waals surface area (Å²) in [5, 5.41) is 2.77. The second kappa shape index (κ2) is 8.22. The van der Waals surface area contributed by atoms with Crippen molar-refractivity contribution in [1.82, 2.24) is 9.88 Å². The summed E-state index contributed by atoms with van der Waals surface area (Å²) in [6.07, 6.45) is 2.03. The van der Waals surface area contributed by atoms with Gasteiger partial charge in [0, 0.05) is 17.3 Å². The number of amides is 1. The number of thiazole rings is 1. The number of hydrogen-bond acceptors (Lipinski definition) is 6. The number of halogens is 2. The largest absolute Gasteiger partial charge is 0.449 e. The molecule has 3 aliphatic heterocycles. The van der Waals surface area contributed by atoms with Gasteiger partial charge in [-0.15, -0.1) is 35.1 Å². The Hall–Kier alpha value is -0.860. The van der Waals surface area contributed by atoms with Gasteiger partial charge in [-0.3, -0.25) is 5.32 Å². The van der Waals surface area contributed by atoms with Gasteiger partial charge in [0.15, 0.2) is 5.82 Å². The lowest BCUT2D eigenvalue weighted by Gasteiger charge is -2.44. The monoisotopic (exact) mass is 419 g/mol. The van der Waals surface area contributed by atoms with Crippen molar-refractivity contribution in [3.63, 3.8) is 0 Å². The van der Waals surface area contributed by atoms with E-state index in [-0.39, 0.29) is 12.4 Å². The van der Waals surface area contributed by atoms with E-state index in [9.17, 15) is 4.79 Å². The zero-order valence-corrected chi connectivity index (χ0v) is 16.6. The molecule has 1 N–H and O–H groups in total. The highest BCUT2D eigenvalue weighted by molar-refractivity contribution is 7.23. The lowest BCUT2D eigenvalue weighted by molar-refractivity contribution is 0.0151. The van der Waals surface area contributed by atoms with Crippen LogP contribution in [0.5, 0.6) is 0 Å². The molecular formula is C16H19Cl2N3O2S2. The Labute approximate surface area is 165 Å². The van der Waals surface area contributed by atoms with Crippen molar-refractivity contribution < 1.29 is 9.53 Å². The molecule has 2 aromatic rings. The van der Waals surface area contributed by atoms with E-state index in [4.69, 9.17) is 16.3 Å². The van der Waals surface area contributed by atoms with Crippen LogP contribution in [0.1, 0.15) is 12.8 Å². The van der Waals surface area contributed by atoms with Crippen LogP contribution in [-0.4, -0.2) is 42.2 Å². The molecule has 3 aliphatic rings. The maximum absolute atomic E-state index is 12.1. The number of ether oxygens (including phenoxy) is 1. The molecule has 1 atom stereocenters. The van der Waals surface area contributed by atoms with Crippen molar-refractivity contribution >= 4 is 58.6 Å². The van der Waals surface area contributed by atoms with Gasteiger partial charge in [0.25, 0.3) is 0 Å². The third-order valence-corrected chi connectivity index (χ3v) is 7.04. The van der Waals surface area contributed by atoms with Gasteiger partial charge < -0.3 is 9.64 Å². The third kappa shape index (κ3) is 4.28. The molecular weight excluding hydrogens is 401 g/mol. The molecule has 9 heteroatoms. The molecule has 0 saturated carbocycles. The van der Waals surface area contributed by atoms with E-state index in [0.29, 0.717) is 28.6 Å². The average molecular weight is 420 g/mol. The van der Waals surface area contributed by atoms with E-state index in [1.54, 1.807) is 5.51 Å². The van der Waals surface area contributed by atoms with E-state index in [1.807, 2.05) is 12.1 Å². The van der Waals surface area contributed by atoms with Gasteiger partial charge in [0.2, 0.25) is 0 Å². The molecule has 0 aliphatic carbocycles. The number of nitrogens with one attached hydrogen (secondary N) is 1. The Morgan fingerprint density at radius 1 is 1.40 bits per heavy atom. The summed E-state index contributed by atoms with van der Waals surface area (Å²) in [6, 6.07) is 3.78. The highest BCUT2D eigenvalue weighted by Gasteiger charge is 2.34. The molecule has 5 rings (SSSR count). The number of carbonyl (C=O) groups excluding carboxylic acids is 1. The van der Waals surface area contributed by atoms with Gasteiger partial charge in [-0.05, 0) is 44.0 Å². The number of piperidine rings is 3. The molecule has 0 spiro atoms. The molecule has 2 bridgehead atoms. The Morgan fingerprint density at radius 3 is 2.84 bits per heavy atom. The van der Waals surface area contributed by atoms with Crippen LogP contribution in [0.4, 0.5) is 10.6 Å². The molecule has 3 saturated heterocycles. The molecule has 5 nitrogen and oxygen atoms in total. The number of anilines is 1. The van der Waals surface area contributed by atoms with Gasteiger partial charge in [-0.1, -0.05) is 11.6 Å². The first-order chi connectivity index (χ1) is 11.7. The molecule has 1 unspecified atom stereocenters. The molecule has 136 valence electrons. The lowest BCUT2D eigenvalue weighted by atomic mass is 9.79. The van der Waals surface area contributed by atoms with Crippen molar-refractivity contribution in [3.8, 4) is 9.75 Å². The van der Waals surface area contributed by atoms with E-state index in [2.05, 4.69) is 15.2 Å². The highest BCUT2D eigenvalue weighted by atomic mass is 35.5. The normalized spacial score (nSPS) is 24.6. The lowest BCUT2D eigenvalue weighted by Crippen LogP contribution is -2.49. The first-order valence-electron chi connectivity index (χ1n) is 8.04. The number of thiophene rings is 1. The summed E-state index contributed by atoms with van der Waals surface area (Å²) in [5.74, 6) is 1.70. The molecule has 0 aromatic carbocycles. The number of hydrogen-bond donors (Lipinski definition) is 1. The van der Waals surface area contributed by atoms with Crippen LogP contribution in [0, 0.1) is 11.8 Å². The van der Waals surface area contributed by atoms with E-state index >= 15 is 0 Å². The summed E-state index contributed by atoms with van der Waals surface area (Å²) >= 11 is 8.94. The van der Waals surface area contributed by atoms with Crippen LogP contribution in [0.25, 0.3) is 9.75 Å². The van der Waals surface area contributed by atoms with Crippen molar-refractivity contribution in [1.29, 1.82) is 0 Å². The van der Waals surface area contributed by atoms with Crippen LogP contribution in [-0.2, 0) is 4.74 Å². The summed E-state index contributed by atoms with van der Waals surface area (Å²) in [5.41, 5.74) is 1.71. The first-order valence-corrected chi connectivity index (χ1v) is 10.1. The zero-order valence-electron chi connectivity index (χ0n) is 13.4. The fourth-order valence-electron chi connectivity index (χ4n) is 3.54. The Balaban J connectivity index is 0.00000182. The molecule has 1 amide bonds. The van der Waals surface area contributed by atoms with Crippen LogP contribution < -0.4 is 5.32 Å². The van der Waals surface area contributed by atoms with Gasteiger partial charge in [-0.25, -0.2) is 9.78 Å². The van der Waals surface area contributed by atoms with Crippen molar-refractivity contribution in [2.24, 2.45) is 11.8 Å². The Bertz CT molecular complexity index is 729. The van der Waals surface area contributed by atoms with Crippen LogP contribution in [0.15, 0.2) is 17.6 Å². The second-order valence-corrected chi connectivity index (χ2v) is 8.83. The van der Waals surface area contributed by atoms with Crippen molar-refractivity contribution in [2.45, 2.75) is 12.8 Å². The molecule has 0 radical (unpaired) electrons.